The SMILES string of the molecule is CC(=O)Nc1cc(C)cc([N+](=O)[O-])c1[N+](=O)[O-]. The molecular weight excluding hydrogens is 230 g/mol. The van der Waals surface area contributed by atoms with Gasteiger partial charge in [0.25, 0.3) is 0 Å². The number of benzene rings is 1. The van der Waals surface area contributed by atoms with Gasteiger partial charge in [-0.05, 0) is 18.6 Å². The zero-order chi connectivity index (χ0) is 13.2. The number of rotatable bonds is 3. The lowest BCUT2D eigenvalue weighted by molar-refractivity contribution is -0.421. The molecule has 0 aromatic heterocycles. The molecule has 1 N–H and O–H groups in total. The Kier molecular flexibility index (Phi) is 3.37. The first-order chi connectivity index (χ1) is 7.82. The Labute approximate surface area is 95.5 Å². The summed E-state index contributed by atoms with van der Waals surface area (Å²) in [4.78, 5) is 30.6. The van der Waals surface area contributed by atoms with Gasteiger partial charge in [0.1, 0.15) is 5.69 Å². The third kappa shape index (κ3) is 2.74. The van der Waals surface area contributed by atoms with Gasteiger partial charge in [-0.25, -0.2) is 0 Å². The standard InChI is InChI=1S/C9H9N3O5/c1-5-3-7(10-6(2)13)9(12(16)17)8(4-5)11(14)15/h3-4H,1-2H3,(H,10,13). The lowest BCUT2D eigenvalue weighted by atomic mass is 10.1. The Morgan fingerprint density at radius 2 is 1.82 bits per heavy atom. The van der Waals surface area contributed by atoms with Crippen LogP contribution >= 0.6 is 0 Å². The van der Waals surface area contributed by atoms with E-state index in [0.29, 0.717) is 5.56 Å². The van der Waals surface area contributed by atoms with E-state index in [4.69, 9.17) is 0 Å². The Balaban J connectivity index is 3.51. The van der Waals surface area contributed by atoms with Crippen molar-refractivity contribution in [3.8, 4) is 0 Å². The summed E-state index contributed by atoms with van der Waals surface area (Å²) in [6, 6.07) is 2.40. The number of nitrogens with zero attached hydrogens (tertiary/aromatic N) is 2. The maximum Gasteiger partial charge on any atom is 0.369 e. The first-order valence-electron chi connectivity index (χ1n) is 4.54. The van der Waals surface area contributed by atoms with E-state index in [0.717, 1.165) is 13.0 Å². The van der Waals surface area contributed by atoms with E-state index in [1.54, 1.807) is 6.92 Å². The number of carbonyl (C=O) groups is 1. The van der Waals surface area contributed by atoms with E-state index in [1.165, 1.54) is 6.07 Å². The van der Waals surface area contributed by atoms with Crippen molar-refractivity contribution in [1.29, 1.82) is 0 Å². The zero-order valence-electron chi connectivity index (χ0n) is 9.09. The normalized spacial score (nSPS) is 9.76. The highest BCUT2D eigenvalue weighted by Gasteiger charge is 2.29. The van der Waals surface area contributed by atoms with Crippen molar-refractivity contribution in [3.63, 3.8) is 0 Å². The molecule has 0 spiro atoms. The minimum atomic E-state index is -0.886. The van der Waals surface area contributed by atoms with Crippen LogP contribution in [0.15, 0.2) is 12.1 Å². The molecule has 1 amide bonds. The van der Waals surface area contributed by atoms with Crippen LogP contribution in [0.4, 0.5) is 17.1 Å². The van der Waals surface area contributed by atoms with Crippen LogP contribution in [-0.4, -0.2) is 15.8 Å². The lowest BCUT2D eigenvalue weighted by Crippen LogP contribution is -2.09. The topological polar surface area (TPSA) is 115 Å². The molecule has 0 heterocycles. The smallest absolute Gasteiger partial charge is 0.320 e. The van der Waals surface area contributed by atoms with Crippen molar-refractivity contribution in [2.24, 2.45) is 0 Å². The number of nitrogens with one attached hydrogen (secondary N) is 1. The Bertz CT molecular complexity index is 512. The van der Waals surface area contributed by atoms with Gasteiger partial charge >= 0.3 is 11.4 Å². The molecule has 1 rings (SSSR count). The van der Waals surface area contributed by atoms with Gasteiger partial charge in [0.2, 0.25) is 5.91 Å². The molecule has 0 unspecified atom stereocenters. The van der Waals surface area contributed by atoms with Gasteiger partial charge in [-0.3, -0.25) is 25.0 Å². The fourth-order valence-corrected chi connectivity index (χ4v) is 1.38. The fraction of sp³-hybridized carbons (Fsp3) is 0.222. The summed E-state index contributed by atoms with van der Waals surface area (Å²) in [7, 11) is 0. The van der Waals surface area contributed by atoms with E-state index in [2.05, 4.69) is 5.32 Å². The predicted molar refractivity (Wildman–Crippen MR) is 58.8 cm³/mol. The van der Waals surface area contributed by atoms with Crippen molar-refractivity contribution >= 4 is 23.0 Å². The van der Waals surface area contributed by atoms with E-state index in [-0.39, 0.29) is 5.69 Å². The van der Waals surface area contributed by atoms with Gasteiger partial charge in [0.15, 0.2) is 0 Å². The van der Waals surface area contributed by atoms with Crippen LogP contribution in [0.3, 0.4) is 0 Å². The number of aryl methyl sites for hydroxylation is 1. The zero-order valence-corrected chi connectivity index (χ0v) is 9.09. The van der Waals surface area contributed by atoms with Crippen LogP contribution in [0.5, 0.6) is 0 Å². The van der Waals surface area contributed by atoms with Gasteiger partial charge in [0.05, 0.1) is 9.85 Å². The summed E-state index contributed by atoms with van der Waals surface area (Å²) in [6.07, 6.45) is 0. The number of hydrogen-bond acceptors (Lipinski definition) is 5. The largest absolute Gasteiger partial charge is 0.369 e. The average Bonchev–Trinajstić information content (AvgIpc) is 2.14. The van der Waals surface area contributed by atoms with Gasteiger partial charge < -0.3 is 5.32 Å². The molecule has 0 fully saturated rings. The molecule has 0 aliphatic heterocycles. The number of anilines is 1. The molecule has 8 nitrogen and oxygen atoms in total. The van der Waals surface area contributed by atoms with Crippen LogP contribution in [-0.2, 0) is 4.79 Å². The van der Waals surface area contributed by atoms with Crippen LogP contribution in [0, 0.1) is 27.2 Å². The maximum atomic E-state index is 10.9. The Hall–Kier alpha value is -2.51. The quantitative estimate of drug-likeness (QED) is 0.637. The molecule has 0 radical (unpaired) electrons. The summed E-state index contributed by atoms with van der Waals surface area (Å²) in [5.74, 6) is -0.534. The van der Waals surface area contributed by atoms with E-state index < -0.39 is 27.1 Å². The highest BCUT2D eigenvalue weighted by atomic mass is 16.6. The van der Waals surface area contributed by atoms with Crippen LogP contribution in [0.2, 0.25) is 0 Å². The van der Waals surface area contributed by atoms with Crippen molar-refractivity contribution < 1.29 is 14.6 Å². The van der Waals surface area contributed by atoms with Gasteiger partial charge in [-0.2, -0.15) is 0 Å². The Morgan fingerprint density at radius 3 is 2.24 bits per heavy atom. The van der Waals surface area contributed by atoms with E-state index in [9.17, 15) is 25.0 Å². The predicted octanol–water partition coefficient (Wildman–Crippen LogP) is 1.77. The van der Waals surface area contributed by atoms with E-state index >= 15 is 0 Å². The van der Waals surface area contributed by atoms with E-state index in [1.807, 2.05) is 0 Å². The molecule has 8 heteroatoms. The first-order valence-corrected chi connectivity index (χ1v) is 4.54. The maximum absolute atomic E-state index is 10.9. The van der Waals surface area contributed by atoms with Crippen LogP contribution in [0.25, 0.3) is 0 Å². The van der Waals surface area contributed by atoms with Gasteiger partial charge in [0, 0.05) is 13.0 Å². The summed E-state index contributed by atoms with van der Waals surface area (Å²) in [5, 5.41) is 23.7. The second kappa shape index (κ2) is 4.56. The second-order valence-electron chi connectivity index (χ2n) is 3.38. The second-order valence-corrected chi connectivity index (χ2v) is 3.38. The molecule has 0 saturated heterocycles. The first kappa shape index (κ1) is 12.6. The minimum absolute atomic E-state index is 0.172. The molecule has 1 aromatic rings. The highest BCUT2D eigenvalue weighted by Crippen LogP contribution is 2.35. The number of nitro benzene ring substituents is 2. The molecule has 0 atom stereocenters. The molecular formula is C9H9N3O5. The highest BCUT2D eigenvalue weighted by molar-refractivity contribution is 5.93. The molecule has 90 valence electrons. The monoisotopic (exact) mass is 239 g/mol. The van der Waals surface area contributed by atoms with Gasteiger partial charge in [-0.15, -0.1) is 0 Å². The molecule has 0 bridgehead atoms. The molecule has 0 aliphatic carbocycles. The van der Waals surface area contributed by atoms with Crippen LogP contribution in [0.1, 0.15) is 12.5 Å². The fourth-order valence-electron chi connectivity index (χ4n) is 1.38. The third-order valence-corrected chi connectivity index (χ3v) is 1.92. The van der Waals surface area contributed by atoms with Crippen molar-refractivity contribution in [2.75, 3.05) is 5.32 Å². The minimum Gasteiger partial charge on any atom is -0.320 e. The third-order valence-electron chi connectivity index (χ3n) is 1.92. The molecule has 0 saturated carbocycles. The van der Waals surface area contributed by atoms with Crippen LogP contribution < -0.4 is 5.32 Å². The number of carbonyl (C=O) groups excluding carboxylic acids is 1. The summed E-state index contributed by atoms with van der Waals surface area (Å²) >= 11 is 0. The van der Waals surface area contributed by atoms with Crippen molar-refractivity contribution in [2.45, 2.75) is 13.8 Å². The van der Waals surface area contributed by atoms with Crippen molar-refractivity contribution in [3.05, 3.63) is 37.9 Å². The molecule has 0 aliphatic rings. The molecule has 1 aromatic carbocycles. The molecule has 17 heavy (non-hydrogen) atoms. The number of hydrogen-bond donors (Lipinski definition) is 1. The summed E-state index contributed by atoms with van der Waals surface area (Å²) in [6.45, 7) is 2.71. The van der Waals surface area contributed by atoms with Gasteiger partial charge in [-0.1, -0.05) is 0 Å². The number of amides is 1. The summed E-state index contributed by atoms with van der Waals surface area (Å²) in [5.41, 5.74) is -1.07. The number of nitro groups is 2. The summed E-state index contributed by atoms with van der Waals surface area (Å²) < 4.78 is 0. The van der Waals surface area contributed by atoms with Crippen molar-refractivity contribution in [1.82, 2.24) is 0 Å². The lowest BCUT2D eigenvalue weighted by Gasteiger charge is -2.05. The average molecular weight is 239 g/mol. The Morgan fingerprint density at radius 1 is 1.24 bits per heavy atom.